The molecular formula is C29H40N5O8P. The molecule has 2 atom stereocenters. The number of aromatic nitrogens is 1. The van der Waals surface area contributed by atoms with Gasteiger partial charge in [-0.25, -0.2) is 9.78 Å². The summed E-state index contributed by atoms with van der Waals surface area (Å²) in [7, 11) is -2.08. The van der Waals surface area contributed by atoms with Gasteiger partial charge in [0.2, 0.25) is 5.91 Å². The van der Waals surface area contributed by atoms with Crippen molar-refractivity contribution in [2.45, 2.75) is 32.4 Å². The summed E-state index contributed by atoms with van der Waals surface area (Å²) in [5.74, 6) is -1.12. The number of carboxylic acid groups (broad SMARTS) is 1. The van der Waals surface area contributed by atoms with Gasteiger partial charge in [-0.2, -0.15) is 0 Å². The Morgan fingerprint density at radius 3 is 2.26 bits per heavy atom. The first-order valence-corrected chi connectivity index (χ1v) is 16.2. The highest BCUT2D eigenvalue weighted by Crippen LogP contribution is 2.48. The van der Waals surface area contributed by atoms with Crippen LogP contribution in [-0.4, -0.2) is 116 Å². The maximum Gasteiger partial charge on any atom is 0.407 e. The molecule has 0 radical (unpaired) electrons. The van der Waals surface area contributed by atoms with E-state index in [1.165, 1.54) is 9.80 Å². The van der Waals surface area contributed by atoms with Crippen LogP contribution in [0.2, 0.25) is 0 Å². The zero-order chi connectivity index (χ0) is 31.0. The molecule has 0 unspecified atom stereocenters. The molecule has 13 nitrogen and oxygen atoms in total. The summed E-state index contributed by atoms with van der Waals surface area (Å²) in [6, 6.07) is 11.8. The molecular weight excluding hydrogens is 577 g/mol. The summed E-state index contributed by atoms with van der Waals surface area (Å²) < 4.78 is 29.9. The molecule has 2 saturated heterocycles. The van der Waals surface area contributed by atoms with E-state index in [1.807, 2.05) is 36.4 Å². The van der Waals surface area contributed by atoms with Gasteiger partial charge in [0, 0.05) is 57.6 Å². The molecule has 3 heterocycles. The van der Waals surface area contributed by atoms with Gasteiger partial charge in [-0.1, -0.05) is 30.3 Å². The Morgan fingerprint density at radius 1 is 1.02 bits per heavy atom. The number of carbonyl (C=O) groups is 3. The third-order valence-corrected chi connectivity index (χ3v) is 9.59. The lowest BCUT2D eigenvalue weighted by Crippen LogP contribution is -2.56. The smallest absolute Gasteiger partial charge is 0.407 e. The van der Waals surface area contributed by atoms with Crippen LogP contribution in [0, 0.1) is 0 Å². The number of hydrogen-bond acceptors (Lipinski definition) is 9. The van der Waals surface area contributed by atoms with E-state index >= 15 is 0 Å². The summed E-state index contributed by atoms with van der Waals surface area (Å²) in [6.07, 6.45) is -0.535. The molecule has 1 aromatic heterocycles. The second-order valence-electron chi connectivity index (χ2n) is 10.3. The van der Waals surface area contributed by atoms with E-state index in [9.17, 15) is 24.1 Å². The first-order chi connectivity index (χ1) is 20.7. The fourth-order valence-corrected chi connectivity index (χ4v) is 7.01. The fraction of sp³-hybridized carbons (Fsp3) is 0.517. The quantitative estimate of drug-likeness (QED) is 0.340. The van der Waals surface area contributed by atoms with Gasteiger partial charge in [0.1, 0.15) is 11.7 Å². The Morgan fingerprint density at radius 2 is 1.67 bits per heavy atom. The number of amides is 3. The van der Waals surface area contributed by atoms with Crippen molar-refractivity contribution in [1.82, 2.24) is 20.1 Å². The minimum absolute atomic E-state index is 0.0699. The lowest BCUT2D eigenvalue weighted by Gasteiger charge is -2.35. The van der Waals surface area contributed by atoms with Crippen molar-refractivity contribution in [2.75, 3.05) is 70.7 Å². The van der Waals surface area contributed by atoms with Crippen LogP contribution in [0.1, 0.15) is 30.8 Å². The van der Waals surface area contributed by atoms with Gasteiger partial charge >= 0.3 is 13.7 Å². The van der Waals surface area contributed by atoms with Gasteiger partial charge in [-0.15, -0.1) is 0 Å². The number of anilines is 1. The van der Waals surface area contributed by atoms with E-state index in [-0.39, 0.29) is 57.4 Å². The highest BCUT2D eigenvalue weighted by Gasteiger charge is 2.37. The number of nitrogens with one attached hydrogen (secondary N) is 1. The number of methoxy groups -OCH3 is 1. The second-order valence-corrected chi connectivity index (χ2v) is 12.4. The second kappa shape index (κ2) is 14.8. The molecule has 2 aliphatic rings. The fourth-order valence-electron chi connectivity index (χ4n) is 5.24. The normalized spacial score (nSPS) is 18.0. The van der Waals surface area contributed by atoms with Crippen LogP contribution >= 0.6 is 7.60 Å². The lowest BCUT2D eigenvalue weighted by atomic mass is 10.1. The largest absolute Gasteiger partial charge is 0.465 e. The number of pyridine rings is 1. The Bertz CT molecular complexity index is 1310. The Balaban J connectivity index is 1.64. The lowest BCUT2D eigenvalue weighted by molar-refractivity contribution is -0.134. The molecule has 3 amide bonds. The first kappa shape index (κ1) is 32.4. The van der Waals surface area contributed by atoms with Crippen molar-refractivity contribution in [3.63, 3.8) is 0 Å². The highest BCUT2D eigenvalue weighted by molar-refractivity contribution is 7.54. The molecule has 2 fully saturated rings. The van der Waals surface area contributed by atoms with Gasteiger partial charge < -0.3 is 38.9 Å². The number of rotatable bonds is 12. The number of hydrogen-bond donors (Lipinski definition) is 2. The minimum Gasteiger partial charge on any atom is -0.465 e. The third kappa shape index (κ3) is 8.32. The van der Waals surface area contributed by atoms with Crippen LogP contribution in [-0.2, 0) is 23.1 Å². The summed E-state index contributed by atoms with van der Waals surface area (Å²) in [5, 5.41) is 12.1. The van der Waals surface area contributed by atoms with Crippen LogP contribution in [0.15, 0.2) is 42.5 Å². The first-order valence-electron chi connectivity index (χ1n) is 14.5. The van der Waals surface area contributed by atoms with Crippen LogP contribution < -0.4 is 10.2 Å². The molecule has 234 valence electrons. The molecule has 0 spiro atoms. The standard InChI is InChI=1S/C29H40N5O8P/c1-4-41-43(39,42-5-2)20-26(28(36)32-13-15-33(16-14-32)29(37)38)31-27(35)25-18-22(34-12-11-23(19-34)40-3)17-24(30-25)21-9-7-6-8-10-21/h6-10,17-18,23,26H,4-5,11-16,19-20H2,1-3H3,(H,31,35)(H,37,38)/t23-,26+/m0/s1. The summed E-state index contributed by atoms with van der Waals surface area (Å²) in [4.78, 5) is 48.4. The number of nitrogens with zero attached hydrogens (tertiary/aromatic N) is 4. The summed E-state index contributed by atoms with van der Waals surface area (Å²) in [5.41, 5.74) is 2.29. The van der Waals surface area contributed by atoms with Crippen LogP contribution in [0.4, 0.5) is 10.5 Å². The maximum absolute atomic E-state index is 13.8. The zero-order valence-corrected chi connectivity index (χ0v) is 25.7. The molecule has 2 N–H and O–H groups in total. The molecule has 0 aliphatic carbocycles. The number of piperazine rings is 1. The molecule has 14 heteroatoms. The van der Waals surface area contributed by atoms with E-state index in [1.54, 1.807) is 27.0 Å². The van der Waals surface area contributed by atoms with Gasteiger partial charge in [0.05, 0.1) is 31.2 Å². The predicted molar refractivity (Wildman–Crippen MR) is 160 cm³/mol. The molecule has 2 aliphatic heterocycles. The SMILES string of the molecule is CCOP(=O)(C[C@@H](NC(=O)c1cc(N2CC[C@H](OC)C2)cc(-c2ccccc2)n1)C(=O)N1CCN(C(=O)O)CC1)OCC. The topological polar surface area (TPSA) is 151 Å². The van der Waals surface area contributed by atoms with Gasteiger partial charge in [0.25, 0.3) is 5.91 Å². The Hall–Kier alpha value is -3.51. The van der Waals surface area contributed by atoms with E-state index in [2.05, 4.69) is 15.2 Å². The molecule has 43 heavy (non-hydrogen) atoms. The van der Waals surface area contributed by atoms with E-state index in [4.69, 9.17) is 13.8 Å². The monoisotopic (exact) mass is 617 g/mol. The molecule has 2 aromatic rings. The van der Waals surface area contributed by atoms with Crippen LogP contribution in [0.25, 0.3) is 11.3 Å². The van der Waals surface area contributed by atoms with Crippen molar-refractivity contribution < 1.29 is 37.8 Å². The summed E-state index contributed by atoms with van der Waals surface area (Å²) in [6.45, 7) is 5.42. The number of carbonyl (C=O) groups excluding carboxylic acids is 2. The molecule has 0 saturated carbocycles. The molecule has 0 bridgehead atoms. The van der Waals surface area contributed by atoms with Crippen molar-refractivity contribution in [2.24, 2.45) is 0 Å². The average Bonchev–Trinajstić information content (AvgIpc) is 3.50. The summed E-state index contributed by atoms with van der Waals surface area (Å²) >= 11 is 0. The van der Waals surface area contributed by atoms with Crippen LogP contribution in [0.5, 0.6) is 0 Å². The van der Waals surface area contributed by atoms with E-state index in [0.717, 1.165) is 24.2 Å². The average molecular weight is 618 g/mol. The predicted octanol–water partition coefficient (Wildman–Crippen LogP) is 3.16. The third-order valence-electron chi connectivity index (χ3n) is 7.48. The Labute approximate surface area is 251 Å². The van der Waals surface area contributed by atoms with Crippen molar-refractivity contribution >= 4 is 31.2 Å². The molecule has 4 rings (SSSR count). The maximum atomic E-state index is 13.8. The Kier molecular flexibility index (Phi) is 11.1. The highest BCUT2D eigenvalue weighted by atomic mass is 31.2. The van der Waals surface area contributed by atoms with E-state index < -0.39 is 31.5 Å². The van der Waals surface area contributed by atoms with Gasteiger partial charge in [-0.3, -0.25) is 14.2 Å². The number of benzene rings is 1. The van der Waals surface area contributed by atoms with Crippen molar-refractivity contribution in [1.29, 1.82) is 0 Å². The zero-order valence-electron chi connectivity index (χ0n) is 24.8. The van der Waals surface area contributed by atoms with Gasteiger partial charge in [0.15, 0.2) is 0 Å². The number of ether oxygens (including phenoxy) is 1. The van der Waals surface area contributed by atoms with E-state index in [0.29, 0.717) is 12.2 Å². The van der Waals surface area contributed by atoms with Crippen LogP contribution in [0.3, 0.4) is 0 Å². The van der Waals surface area contributed by atoms with Crippen molar-refractivity contribution in [3.05, 3.63) is 48.2 Å². The minimum atomic E-state index is -3.76. The molecule has 1 aromatic carbocycles. The van der Waals surface area contributed by atoms with Gasteiger partial charge in [-0.05, 0) is 32.4 Å². The van der Waals surface area contributed by atoms with Crippen molar-refractivity contribution in [3.8, 4) is 11.3 Å².